The van der Waals surface area contributed by atoms with Gasteiger partial charge in [-0.15, -0.1) is 0 Å². The molecule has 0 saturated heterocycles. The summed E-state index contributed by atoms with van der Waals surface area (Å²) in [5.41, 5.74) is 5.77. The number of hydrogen-bond acceptors (Lipinski definition) is 6. The molecule has 0 spiro atoms. The number of nitriles is 2. The van der Waals surface area contributed by atoms with Gasteiger partial charge in [-0.05, 0) is 17.7 Å². The van der Waals surface area contributed by atoms with Crippen molar-refractivity contribution in [3.63, 3.8) is 0 Å². The molecule has 0 fully saturated rings. The van der Waals surface area contributed by atoms with Gasteiger partial charge in [0.1, 0.15) is 41.4 Å². The molecule has 0 unspecified atom stereocenters. The maximum Gasteiger partial charge on any atom is 0.268 e. The summed E-state index contributed by atoms with van der Waals surface area (Å²) in [7, 11) is 0. The van der Waals surface area contributed by atoms with E-state index in [9.17, 15) is 15.3 Å². The Kier molecular flexibility index (Phi) is 4.68. The Morgan fingerprint density at radius 2 is 1.92 bits per heavy atom. The van der Waals surface area contributed by atoms with E-state index in [0.29, 0.717) is 24.5 Å². The molecule has 0 aliphatic rings. The summed E-state index contributed by atoms with van der Waals surface area (Å²) >= 11 is 0. The van der Waals surface area contributed by atoms with Crippen molar-refractivity contribution in [2.24, 2.45) is 0 Å². The molecule has 0 bridgehead atoms. The standard InChI is InChI=1S/C18H14N6O2/c19-9-14-16(15(10-20)18(25)23-17(14)21)12-1-3-13(4-2-12)26-8-7-24-6-5-22-11-24/h1-6,11H,7-8H2,(H3,21,23,25). The van der Waals surface area contributed by atoms with Gasteiger partial charge in [0.25, 0.3) is 5.56 Å². The van der Waals surface area contributed by atoms with Gasteiger partial charge in [0.05, 0.1) is 12.9 Å². The number of aromatic amines is 1. The van der Waals surface area contributed by atoms with Crippen LogP contribution in [0.25, 0.3) is 11.1 Å². The molecule has 3 N–H and O–H groups in total. The Balaban J connectivity index is 1.86. The van der Waals surface area contributed by atoms with Gasteiger partial charge in [-0.2, -0.15) is 10.5 Å². The molecule has 128 valence electrons. The van der Waals surface area contributed by atoms with Crippen LogP contribution in [0.1, 0.15) is 11.1 Å². The van der Waals surface area contributed by atoms with E-state index in [2.05, 4.69) is 9.97 Å². The van der Waals surface area contributed by atoms with E-state index in [1.54, 1.807) is 36.8 Å². The molecule has 0 amide bonds. The van der Waals surface area contributed by atoms with Crippen molar-refractivity contribution in [2.75, 3.05) is 12.3 Å². The first-order valence-electron chi connectivity index (χ1n) is 7.69. The number of nitrogens with zero attached hydrogens (tertiary/aromatic N) is 4. The predicted molar refractivity (Wildman–Crippen MR) is 94.1 cm³/mol. The minimum absolute atomic E-state index is 0.0628. The van der Waals surface area contributed by atoms with E-state index in [1.807, 2.05) is 22.9 Å². The van der Waals surface area contributed by atoms with Crippen molar-refractivity contribution >= 4 is 5.82 Å². The van der Waals surface area contributed by atoms with E-state index in [0.717, 1.165) is 0 Å². The topological polar surface area (TPSA) is 134 Å². The van der Waals surface area contributed by atoms with Crippen LogP contribution in [0.3, 0.4) is 0 Å². The van der Waals surface area contributed by atoms with E-state index in [-0.39, 0.29) is 22.5 Å². The average molecular weight is 346 g/mol. The van der Waals surface area contributed by atoms with E-state index < -0.39 is 5.56 Å². The SMILES string of the molecule is N#Cc1c(N)[nH]c(=O)c(C#N)c1-c1ccc(OCCn2ccnc2)cc1. The molecular formula is C18H14N6O2. The number of hydrogen-bond donors (Lipinski definition) is 2. The smallest absolute Gasteiger partial charge is 0.268 e. The Morgan fingerprint density at radius 1 is 1.19 bits per heavy atom. The lowest BCUT2D eigenvalue weighted by Gasteiger charge is -2.10. The fourth-order valence-corrected chi connectivity index (χ4v) is 2.54. The summed E-state index contributed by atoms with van der Waals surface area (Å²) in [4.78, 5) is 18.2. The molecule has 2 aromatic heterocycles. The van der Waals surface area contributed by atoms with Crippen molar-refractivity contribution in [3.05, 3.63) is 64.5 Å². The van der Waals surface area contributed by atoms with Crippen LogP contribution in [-0.4, -0.2) is 21.1 Å². The van der Waals surface area contributed by atoms with Crippen molar-refractivity contribution in [1.82, 2.24) is 14.5 Å². The van der Waals surface area contributed by atoms with Gasteiger partial charge in [-0.3, -0.25) is 4.79 Å². The van der Waals surface area contributed by atoms with Crippen LogP contribution in [0.15, 0.2) is 47.8 Å². The van der Waals surface area contributed by atoms with Crippen LogP contribution in [0, 0.1) is 22.7 Å². The molecule has 0 radical (unpaired) electrons. The van der Waals surface area contributed by atoms with Crippen LogP contribution in [0.4, 0.5) is 5.82 Å². The number of pyridine rings is 1. The summed E-state index contributed by atoms with van der Waals surface area (Å²) in [5, 5.41) is 18.6. The monoisotopic (exact) mass is 346 g/mol. The molecule has 0 aliphatic heterocycles. The molecule has 26 heavy (non-hydrogen) atoms. The molecule has 3 aromatic rings. The molecule has 2 heterocycles. The molecule has 3 rings (SSSR count). The highest BCUT2D eigenvalue weighted by molar-refractivity contribution is 5.80. The number of nitrogen functional groups attached to an aromatic ring is 1. The second-order valence-electron chi connectivity index (χ2n) is 5.39. The average Bonchev–Trinajstić information content (AvgIpc) is 3.15. The van der Waals surface area contributed by atoms with Crippen LogP contribution < -0.4 is 16.0 Å². The maximum absolute atomic E-state index is 12.0. The molecule has 0 saturated carbocycles. The number of imidazole rings is 1. The molecule has 8 nitrogen and oxygen atoms in total. The zero-order chi connectivity index (χ0) is 18.5. The minimum Gasteiger partial charge on any atom is -0.492 e. The van der Waals surface area contributed by atoms with Gasteiger partial charge in [-0.1, -0.05) is 12.1 Å². The lowest BCUT2D eigenvalue weighted by molar-refractivity contribution is 0.298. The van der Waals surface area contributed by atoms with E-state index in [4.69, 9.17) is 10.5 Å². The van der Waals surface area contributed by atoms with Gasteiger partial charge in [0.15, 0.2) is 0 Å². The van der Waals surface area contributed by atoms with Crippen LogP contribution in [0.5, 0.6) is 5.75 Å². The Labute approximate surface area is 148 Å². The van der Waals surface area contributed by atoms with Crippen molar-refractivity contribution in [3.8, 4) is 29.0 Å². The zero-order valence-electron chi connectivity index (χ0n) is 13.6. The summed E-state index contributed by atoms with van der Waals surface area (Å²) in [5.74, 6) is 0.566. The quantitative estimate of drug-likeness (QED) is 0.721. The first-order valence-corrected chi connectivity index (χ1v) is 7.69. The van der Waals surface area contributed by atoms with Gasteiger partial charge in [-0.25, -0.2) is 4.98 Å². The number of anilines is 1. The third-order valence-corrected chi connectivity index (χ3v) is 3.79. The van der Waals surface area contributed by atoms with Crippen molar-refractivity contribution in [2.45, 2.75) is 6.54 Å². The number of ether oxygens (including phenoxy) is 1. The summed E-state index contributed by atoms with van der Waals surface area (Å²) < 4.78 is 7.55. The second-order valence-corrected chi connectivity index (χ2v) is 5.39. The highest BCUT2D eigenvalue weighted by atomic mass is 16.5. The molecule has 8 heteroatoms. The molecule has 0 atom stereocenters. The molecular weight excluding hydrogens is 332 g/mol. The van der Waals surface area contributed by atoms with Crippen molar-refractivity contribution in [1.29, 1.82) is 10.5 Å². The number of nitrogens with one attached hydrogen (secondary N) is 1. The third kappa shape index (κ3) is 3.25. The first kappa shape index (κ1) is 16.8. The Morgan fingerprint density at radius 3 is 2.54 bits per heavy atom. The number of H-pyrrole nitrogens is 1. The highest BCUT2D eigenvalue weighted by Gasteiger charge is 2.17. The van der Waals surface area contributed by atoms with E-state index >= 15 is 0 Å². The van der Waals surface area contributed by atoms with Gasteiger partial charge in [0.2, 0.25) is 0 Å². The minimum atomic E-state index is -0.625. The normalized spacial score (nSPS) is 10.1. The zero-order valence-corrected chi connectivity index (χ0v) is 13.6. The largest absolute Gasteiger partial charge is 0.492 e. The van der Waals surface area contributed by atoms with Gasteiger partial charge in [0, 0.05) is 18.0 Å². The van der Waals surface area contributed by atoms with Gasteiger partial charge >= 0.3 is 0 Å². The lowest BCUT2D eigenvalue weighted by atomic mass is 9.97. The summed E-state index contributed by atoms with van der Waals surface area (Å²) in [6.45, 7) is 1.12. The maximum atomic E-state index is 12.0. The summed E-state index contributed by atoms with van der Waals surface area (Å²) in [6, 6.07) is 10.6. The van der Waals surface area contributed by atoms with E-state index in [1.165, 1.54) is 0 Å². The van der Waals surface area contributed by atoms with Gasteiger partial charge < -0.3 is 20.0 Å². The third-order valence-electron chi connectivity index (χ3n) is 3.79. The first-order chi connectivity index (χ1) is 12.6. The van der Waals surface area contributed by atoms with Crippen LogP contribution in [0.2, 0.25) is 0 Å². The summed E-state index contributed by atoms with van der Waals surface area (Å²) in [6.07, 6.45) is 5.24. The number of rotatable bonds is 5. The lowest BCUT2D eigenvalue weighted by Crippen LogP contribution is -2.16. The van der Waals surface area contributed by atoms with Crippen LogP contribution in [-0.2, 0) is 6.54 Å². The Bertz CT molecular complexity index is 1050. The molecule has 1 aromatic carbocycles. The highest BCUT2D eigenvalue weighted by Crippen LogP contribution is 2.29. The fourth-order valence-electron chi connectivity index (χ4n) is 2.54. The second kappa shape index (κ2) is 7.24. The number of benzene rings is 1. The van der Waals surface area contributed by atoms with Crippen LogP contribution >= 0.6 is 0 Å². The number of nitrogens with two attached hydrogens (primary N) is 1. The van der Waals surface area contributed by atoms with Crippen molar-refractivity contribution < 1.29 is 4.74 Å². The molecule has 0 aliphatic carbocycles. The Hall–Kier alpha value is -4.04. The number of aromatic nitrogens is 3. The predicted octanol–water partition coefficient (Wildman–Crippen LogP) is 1.64. The fraction of sp³-hybridized carbons (Fsp3) is 0.111.